The number of nitrogens with zero attached hydrogens (tertiary/aromatic N) is 2. The molecule has 1 aromatic heterocycles. The van der Waals surface area contributed by atoms with Crippen molar-refractivity contribution < 1.29 is 5.11 Å². The highest BCUT2D eigenvalue weighted by atomic mass is 35.5. The number of phenols is 1. The number of aromatic nitrogens is 2. The van der Waals surface area contributed by atoms with E-state index >= 15 is 0 Å². The molecule has 108 valence electrons. The van der Waals surface area contributed by atoms with E-state index in [2.05, 4.69) is 16.5 Å². The molecular formula is C17H17ClN2O. The van der Waals surface area contributed by atoms with Crippen molar-refractivity contribution in [1.29, 1.82) is 0 Å². The Labute approximate surface area is 128 Å². The van der Waals surface area contributed by atoms with Crippen LogP contribution in [-0.4, -0.2) is 14.7 Å². The van der Waals surface area contributed by atoms with Crippen molar-refractivity contribution in [3.63, 3.8) is 0 Å². The van der Waals surface area contributed by atoms with Crippen LogP contribution in [0.5, 0.6) is 5.75 Å². The Kier molecular flexibility index (Phi) is 3.60. The van der Waals surface area contributed by atoms with Gasteiger partial charge < -0.3 is 9.67 Å². The van der Waals surface area contributed by atoms with Crippen molar-refractivity contribution in [1.82, 2.24) is 9.55 Å². The number of imidazole rings is 1. The van der Waals surface area contributed by atoms with Gasteiger partial charge in [0.05, 0.1) is 16.6 Å². The minimum absolute atomic E-state index is 0.288. The molecule has 0 fully saturated rings. The molecule has 2 aromatic carbocycles. The average Bonchev–Trinajstić information content (AvgIpc) is 2.80. The molecule has 0 aliphatic heterocycles. The summed E-state index contributed by atoms with van der Waals surface area (Å²) in [6, 6.07) is 11.4. The molecule has 0 aliphatic rings. The lowest BCUT2D eigenvalue weighted by Gasteiger charge is -2.10. The van der Waals surface area contributed by atoms with E-state index in [1.165, 1.54) is 0 Å². The van der Waals surface area contributed by atoms with E-state index in [4.69, 9.17) is 11.6 Å². The average molecular weight is 301 g/mol. The van der Waals surface area contributed by atoms with Crippen LogP contribution in [0.15, 0.2) is 36.4 Å². The summed E-state index contributed by atoms with van der Waals surface area (Å²) in [6.45, 7) is 4.87. The Morgan fingerprint density at radius 1 is 1.24 bits per heavy atom. The highest BCUT2D eigenvalue weighted by Gasteiger charge is 2.16. The van der Waals surface area contributed by atoms with Gasteiger partial charge in [-0.1, -0.05) is 30.7 Å². The maximum Gasteiger partial charge on any atom is 0.144 e. The molecule has 0 amide bonds. The van der Waals surface area contributed by atoms with Crippen LogP contribution in [0.3, 0.4) is 0 Å². The van der Waals surface area contributed by atoms with E-state index in [9.17, 15) is 5.11 Å². The minimum atomic E-state index is 0.288. The SMILES string of the molecule is CCCn1c(-c2cccc(C)c2O)nc2cc(Cl)ccc21. The van der Waals surface area contributed by atoms with Crippen LogP contribution < -0.4 is 0 Å². The summed E-state index contributed by atoms with van der Waals surface area (Å²) in [7, 11) is 0. The van der Waals surface area contributed by atoms with Gasteiger partial charge in [-0.15, -0.1) is 0 Å². The van der Waals surface area contributed by atoms with Crippen molar-refractivity contribution in [2.75, 3.05) is 0 Å². The normalized spacial score (nSPS) is 11.2. The van der Waals surface area contributed by atoms with Gasteiger partial charge >= 0.3 is 0 Å². The summed E-state index contributed by atoms with van der Waals surface area (Å²) in [6.07, 6.45) is 0.994. The van der Waals surface area contributed by atoms with E-state index in [-0.39, 0.29) is 5.75 Å². The Bertz CT molecular complexity index is 808. The monoisotopic (exact) mass is 300 g/mol. The first kappa shape index (κ1) is 14.0. The van der Waals surface area contributed by atoms with Crippen LogP contribution in [0.4, 0.5) is 0 Å². The maximum atomic E-state index is 10.3. The lowest BCUT2D eigenvalue weighted by molar-refractivity contribution is 0.472. The van der Waals surface area contributed by atoms with E-state index < -0.39 is 0 Å². The molecule has 21 heavy (non-hydrogen) atoms. The van der Waals surface area contributed by atoms with Gasteiger partial charge in [-0.3, -0.25) is 0 Å². The maximum absolute atomic E-state index is 10.3. The van der Waals surface area contributed by atoms with E-state index in [1.54, 1.807) is 0 Å². The third kappa shape index (κ3) is 2.38. The Morgan fingerprint density at radius 3 is 2.81 bits per heavy atom. The Balaban J connectivity index is 2.30. The Morgan fingerprint density at radius 2 is 2.05 bits per heavy atom. The van der Waals surface area contributed by atoms with Crippen LogP contribution in [0.25, 0.3) is 22.4 Å². The smallest absolute Gasteiger partial charge is 0.144 e. The second-order valence-corrected chi connectivity index (χ2v) is 5.63. The molecule has 3 nitrogen and oxygen atoms in total. The van der Waals surface area contributed by atoms with Crippen LogP contribution >= 0.6 is 11.6 Å². The molecule has 0 saturated heterocycles. The van der Waals surface area contributed by atoms with Gasteiger partial charge in [-0.2, -0.15) is 0 Å². The summed E-state index contributed by atoms with van der Waals surface area (Å²) in [5.41, 5.74) is 3.50. The number of fused-ring (bicyclic) bond motifs is 1. The van der Waals surface area contributed by atoms with Gasteiger partial charge in [-0.05, 0) is 43.2 Å². The predicted molar refractivity (Wildman–Crippen MR) is 86.9 cm³/mol. The lowest BCUT2D eigenvalue weighted by Crippen LogP contribution is -2.00. The standard InChI is InChI=1S/C17H17ClN2O/c1-3-9-20-15-8-7-12(18)10-14(15)19-17(20)13-6-4-5-11(2)16(13)21/h4-8,10,21H,3,9H2,1-2H3. The fourth-order valence-electron chi connectivity index (χ4n) is 2.60. The molecule has 0 aliphatic carbocycles. The zero-order valence-electron chi connectivity index (χ0n) is 12.1. The molecule has 3 aromatic rings. The van der Waals surface area contributed by atoms with Crippen LogP contribution in [-0.2, 0) is 6.54 Å². The van der Waals surface area contributed by atoms with E-state index in [0.29, 0.717) is 5.02 Å². The van der Waals surface area contributed by atoms with Crippen molar-refractivity contribution >= 4 is 22.6 Å². The summed E-state index contributed by atoms with van der Waals surface area (Å²) in [5, 5.41) is 11.0. The molecule has 0 radical (unpaired) electrons. The fourth-order valence-corrected chi connectivity index (χ4v) is 2.76. The number of aryl methyl sites for hydroxylation is 2. The second kappa shape index (κ2) is 5.41. The highest BCUT2D eigenvalue weighted by molar-refractivity contribution is 6.31. The fraction of sp³-hybridized carbons (Fsp3) is 0.235. The van der Waals surface area contributed by atoms with Crippen molar-refractivity contribution in [2.45, 2.75) is 26.8 Å². The van der Waals surface area contributed by atoms with Crippen LogP contribution in [0.1, 0.15) is 18.9 Å². The summed E-state index contributed by atoms with van der Waals surface area (Å²) >= 11 is 6.06. The molecule has 0 atom stereocenters. The molecule has 1 heterocycles. The number of hydrogen-bond donors (Lipinski definition) is 1. The molecule has 0 unspecified atom stereocenters. The van der Waals surface area contributed by atoms with Crippen LogP contribution in [0.2, 0.25) is 5.02 Å². The van der Waals surface area contributed by atoms with Gasteiger partial charge in [0, 0.05) is 11.6 Å². The molecule has 0 bridgehead atoms. The molecule has 3 rings (SSSR count). The summed E-state index contributed by atoms with van der Waals surface area (Å²) in [4.78, 5) is 4.68. The number of hydrogen-bond acceptors (Lipinski definition) is 2. The first-order valence-electron chi connectivity index (χ1n) is 7.06. The van der Waals surface area contributed by atoms with Gasteiger partial charge in [0.1, 0.15) is 11.6 Å². The number of benzene rings is 2. The largest absolute Gasteiger partial charge is 0.507 e. The third-order valence-electron chi connectivity index (χ3n) is 3.64. The highest BCUT2D eigenvalue weighted by Crippen LogP contribution is 2.34. The van der Waals surface area contributed by atoms with Crippen molar-refractivity contribution in [3.05, 3.63) is 47.0 Å². The number of phenolic OH excluding ortho intramolecular Hbond substituents is 1. The zero-order chi connectivity index (χ0) is 15.0. The molecular weight excluding hydrogens is 284 g/mol. The lowest BCUT2D eigenvalue weighted by atomic mass is 10.1. The number of rotatable bonds is 3. The zero-order valence-corrected chi connectivity index (χ0v) is 12.9. The van der Waals surface area contributed by atoms with E-state index in [1.807, 2.05) is 43.3 Å². The summed E-state index contributed by atoms with van der Waals surface area (Å²) < 4.78 is 2.14. The number of para-hydroxylation sites is 1. The van der Waals surface area contributed by atoms with Crippen molar-refractivity contribution in [3.8, 4) is 17.1 Å². The van der Waals surface area contributed by atoms with Gasteiger partial charge in [0.2, 0.25) is 0 Å². The minimum Gasteiger partial charge on any atom is -0.507 e. The number of halogens is 1. The first-order chi connectivity index (χ1) is 10.1. The van der Waals surface area contributed by atoms with Crippen molar-refractivity contribution in [2.24, 2.45) is 0 Å². The second-order valence-electron chi connectivity index (χ2n) is 5.19. The predicted octanol–water partition coefficient (Wildman–Crippen LogP) is 4.78. The van der Waals surface area contributed by atoms with E-state index in [0.717, 1.165) is 41.0 Å². The third-order valence-corrected chi connectivity index (χ3v) is 3.87. The quantitative estimate of drug-likeness (QED) is 0.756. The topological polar surface area (TPSA) is 38.0 Å². The van der Waals surface area contributed by atoms with Gasteiger partial charge in [0.25, 0.3) is 0 Å². The summed E-state index contributed by atoms with van der Waals surface area (Å²) in [5.74, 6) is 1.08. The molecule has 0 spiro atoms. The van der Waals surface area contributed by atoms with Gasteiger partial charge in [-0.25, -0.2) is 4.98 Å². The van der Waals surface area contributed by atoms with Gasteiger partial charge in [0.15, 0.2) is 0 Å². The first-order valence-corrected chi connectivity index (χ1v) is 7.44. The molecule has 1 N–H and O–H groups in total. The Hall–Kier alpha value is -2.00. The molecule has 4 heteroatoms. The molecule has 0 saturated carbocycles. The van der Waals surface area contributed by atoms with Crippen LogP contribution in [0, 0.1) is 6.92 Å². The number of aromatic hydroxyl groups is 1.